The van der Waals surface area contributed by atoms with Crippen molar-refractivity contribution in [1.82, 2.24) is 4.31 Å². The number of hydrogen-bond acceptors (Lipinski definition) is 3. The van der Waals surface area contributed by atoms with Crippen LogP contribution >= 0.6 is 0 Å². The first-order chi connectivity index (χ1) is 12.8. The first-order valence-corrected chi connectivity index (χ1v) is 9.72. The number of carbonyl (C=O) groups excluding carboxylic acids is 1. The Morgan fingerprint density at radius 3 is 2.48 bits per heavy atom. The number of likely N-dealkylation sites (N-methyl/N-ethyl adjacent to an activating group) is 1. The molecule has 3 aromatic carbocycles. The fraction of sp³-hybridized carbons (Fsp3) is 0.150. The summed E-state index contributed by atoms with van der Waals surface area (Å²) in [6, 6.07) is 16.3. The monoisotopic (exact) mass is 386 g/mol. The number of carbonyl (C=O) groups is 1. The molecule has 0 saturated carbocycles. The zero-order chi connectivity index (χ0) is 19.6. The van der Waals surface area contributed by atoms with Gasteiger partial charge in [0.05, 0.1) is 11.4 Å². The van der Waals surface area contributed by atoms with Gasteiger partial charge in [0.1, 0.15) is 5.82 Å². The maximum atomic E-state index is 13.3. The number of aryl methyl sites for hydroxylation is 1. The van der Waals surface area contributed by atoms with Crippen molar-refractivity contribution in [3.05, 3.63) is 72.0 Å². The fourth-order valence-electron chi connectivity index (χ4n) is 2.71. The second-order valence-electron chi connectivity index (χ2n) is 6.28. The largest absolute Gasteiger partial charge is 0.325 e. The molecule has 3 aromatic rings. The van der Waals surface area contributed by atoms with E-state index in [1.807, 2.05) is 24.3 Å². The Balaban J connectivity index is 1.78. The third-order valence-corrected chi connectivity index (χ3v) is 6.07. The summed E-state index contributed by atoms with van der Waals surface area (Å²) >= 11 is 0. The SMILES string of the molecule is Cc1ccc(F)cc1NC(=O)CN(C)S(=O)(=O)c1ccc2ccccc2c1. The number of amides is 1. The molecule has 0 aliphatic carbocycles. The molecular weight excluding hydrogens is 367 g/mol. The van der Waals surface area contributed by atoms with Crippen LogP contribution in [0, 0.1) is 12.7 Å². The molecule has 0 unspecified atom stereocenters. The summed E-state index contributed by atoms with van der Waals surface area (Å²) in [6.07, 6.45) is 0. The molecule has 0 saturated heterocycles. The highest BCUT2D eigenvalue weighted by atomic mass is 32.2. The van der Waals surface area contributed by atoms with E-state index in [9.17, 15) is 17.6 Å². The average molecular weight is 386 g/mol. The summed E-state index contributed by atoms with van der Waals surface area (Å²) in [6.45, 7) is 1.34. The number of fused-ring (bicyclic) bond motifs is 1. The summed E-state index contributed by atoms with van der Waals surface area (Å²) in [5.41, 5.74) is 1.00. The summed E-state index contributed by atoms with van der Waals surface area (Å²) in [7, 11) is -2.50. The van der Waals surface area contributed by atoms with Gasteiger partial charge in [0.15, 0.2) is 0 Å². The fourth-order valence-corrected chi connectivity index (χ4v) is 3.88. The number of benzene rings is 3. The van der Waals surface area contributed by atoms with Crippen molar-refractivity contribution in [2.24, 2.45) is 0 Å². The number of rotatable bonds is 5. The highest BCUT2D eigenvalue weighted by Crippen LogP contribution is 2.21. The van der Waals surface area contributed by atoms with E-state index in [1.54, 1.807) is 25.1 Å². The second kappa shape index (κ2) is 7.46. The van der Waals surface area contributed by atoms with Gasteiger partial charge in [0, 0.05) is 12.7 Å². The van der Waals surface area contributed by atoms with Crippen LogP contribution in [-0.4, -0.2) is 32.2 Å². The smallest absolute Gasteiger partial charge is 0.243 e. The van der Waals surface area contributed by atoms with Crippen molar-refractivity contribution >= 4 is 32.4 Å². The maximum absolute atomic E-state index is 13.3. The molecule has 1 amide bonds. The number of nitrogens with zero attached hydrogens (tertiary/aromatic N) is 1. The number of nitrogens with one attached hydrogen (secondary N) is 1. The molecule has 27 heavy (non-hydrogen) atoms. The highest BCUT2D eigenvalue weighted by molar-refractivity contribution is 7.89. The van der Waals surface area contributed by atoms with E-state index in [1.165, 1.54) is 25.2 Å². The van der Waals surface area contributed by atoms with Crippen LogP contribution in [-0.2, 0) is 14.8 Å². The molecule has 7 heteroatoms. The minimum atomic E-state index is -3.84. The van der Waals surface area contributed by atoms with Crippen LogP contribution in [0.5, 0.6) is 0 Å². The Bertz CT molecular complexity index is 1110. The number of halogens is 1. The molecule has 1 N–H and O–H groups in total. The van der Waals surface area contributed by atoms with E-state index < -0.39 is 21.7 Å². The van der Waals surface area contributed by atoms with Crippen molar-refractivity contribution in [1.29, 1.82) is 0 Å². The Kier molecular flexibility index (Phi) is 5.25. The lowest BCUT2D eigenvalue weighted by atomic mass is 10.1. The summed E-state index contributed by atoms with van der Waals surface area (Å²) in [5, 5.41) is 4.28. The van der Waals surface area contributed by atoms with Crippen LogP contribution in [0.15, 0.2) is 65.6 Å². The lowest BCUT2D eigenvalue weighted by Gasteiger charge is -2.18. The van der Waals surface area contributed by atoms with Gasteiger partial charge in [-0.05, 0) is 47.5 Å². The van der Waals surface area contributed by atoms with Crippen molar-refractivity contribution in [3.8, 4) is 0 Å². The molecule has 140 valence electrons. The van der Waals surface area contributed by atoms with Gasteiger partial charge in [0.25, 0.3) is 0 Å². The van der Waals surface area contributed by atoms with Gasteiger partial charge in [-0.2, -0.15) is 4.31 Å². The van der Waals surface area contributed by atoms with Crippen LogP contribution in [0.1, 0.15) is 5.56 Å². The van der Waals surface area contributed by atoms with Crippen molar-refractivity contribution in [3.63, 3.8) is 0 Å². The number of anilines is 1. The van der Waals surface area contributed by atoms with Gasteiger partial charge in [0.2, 0.25) is 15.9 Å². The van der Waals surface area contributed by atoms with Gasteiger partial charge >= 0.3 is 0 Å². The molecule has 0 spiro atoms. The topological polar surface area (TPSA) is 66.5 Å². The van der Waals surface area contributed by atoms with Gasteiger partial charge < -0.3 is 5.32 Å². The van der Waals surface area contributed by atoms with Crippen molar-refractivity contribution in [2.45, 2.75) is 11.8 Å². The van der Waals surface area contributed by atoms with E-state index >= 15 is 0 Å². The molecule has 0 bridgehead atoms. The predicted molar refractivity (Wildman–Crippen MR) is 104 cm³/mol. The zero-order valence-electron chi connectivity index (χ0n) is 14.9. The maximum Gasteiger partial charge on any atom is 0.243 e. The van der Waals surface area contributed by atoms with Crippen LogP contribution in [0.4, 0.5) is 10.1 Å². The summed E-state index contributed by atoms with van der Waals surface area (Å²) < 4.78 is 39.9. The van der Waals surface area contributed by atoms with E-state index in [4.69, 9.17) is 0 Å². The molecule has 0 atom stereocenters. The van der Waals surface area contributed by atoms with Crippen molar-refractivity contribution in [2.75, 3.05) is 18.9 Å². The minimum absolute atomic E-state index is 0.110. The molecule has 0 fully saturated rings. The van der Waals surface area contributed by atoms with E-state index in [2.05, 4.69) is 5.32 Å². The van der Waals surface area contributed by atoms with Gasteiger partial charge in [-0.15, -0.1) is 0 Å². The first-order valence-electron chi connectivity index (χ1n) is 8.28. The molecule has 0 radical (unpaired) electrons. The van der Waals surface area contributed by atoms with Gasteiger partial charge in [-0.3, -0.25) is 4.79 Å². The molecule has 5 nitrogen and oxygen atoms in total. The molecule has 0 heterocycles. The number of sulfonamides is 1. The quantitative estimate of drug-likeness (QED) is 0.729. The standard InChI is InChI=1S/C20H19FN2O3S/c1-14-7-9-17(21)12-19(14)22-20(24)13-23(2)27(25,26)18-10-8-15-5-3-4-6-16(15)11-18/h3-12H,13H2,1-2H3,(H,22,24). The molecule has 3 rings (SSSR count). The van der Waals surface area contributed by atoms with Crippen LogP contribution in [0.3, 0.4) is 0 Å². The Labute approximate surface area is 157 Å². The lowest BCUT2D eigenvalue weighted by molar-refractivity contribution is -0.116. The Hall–Kier alpha value is -2.77. The van der Waals surface area contributed by atoms with Crippen LogP contribution in [0.2, 0.25) is 0 Å². The lowest BCUT2D eigenvalue weighted by Crippen LogP contribution is -2.35. The van der Waals surface area contributed by atoms with Crippen LogP contribution < -0.4 is 5.32 Å². The molecule has 0 aromatic heterocycles. The summed E-state index contributed by atoms with van der Waals surface area (Å²) in [5.74, 6) is -1.02. The Morgan fingerprint density at radius 1 is 1.04 bits per heavy atom. The zero-order valence-corrected chi connectivity index (χ0v) is 15.8. The summed E-state index contributed by atoms with van der Waals surface area (Å²) in [4.78, 5) is 12.3. The normalized spacial score (nSPS) is 11.7. The third-order valence-electron chi connectivity index (χ3n) is 4.27. The van der Waals surface area contributed by atoms with E-state index in [0.717, 1.165) is 15.1 Å². The Morgan fingerprint density at radius 2 is 1.74 bits per heavy atom. The van der Waals surface area contributed by atoms with Gasteiger partial charge in [-0.25, -0.2) is 12.8 Å². The highest BCUT2D eigenvalue weighted by Gasteiger charge is 2.23. The first kappa shape index (κ1) is 19.0. The molecule has 0 aliphatic heterocycles. The van der Waals surface area contributed by atoms with Gasteiger partial charge in [-0.1, -0.05) is 36.4 Å². The van der Waals surface area contributed by atoms with E-state index in [-0.39, 0.29) is 11.4 Å². The second-order valence-corrected chi connectivity index (χ2v) is 8.32. The predicted octanol–water partition coefficient (Wildman–Crippen LogP) is 3.55. The van der Waals surface area contributed by atoms with Crippen molar-refractivity contribution < 1.29 is 17.6 Å². The van der Waals surface area contributed by atoms with Crippen LogP contribution in [0.25, 0.3) is 10.8 Å². The van der Waals surface area contributed by atoms with E-state index in [0.29, 0.717) is 11.3 Å². The molecule has 0 aliphatic rings. The molecular formula is C20H19FN2O3S. The average Bonchev–Trinajstić information content (AvgIpc) is 2.64. The number of hydrogen-bond donors (Lipinski definition) is 1. The minimum Gasteiger partial charge on any atom is -0.325 e. The third kappa shape index (κ3) is 4.15.